The number of nitrogens with zero attached hydrogens (tertiary/aromatic N) is 2. The number of sulfonamides is 1. The number of piperidine rings is 1. The van der Waals surface area contributed by atoms with Crippen molar-refractivity contribution in [2.24, 2.45) is 5.92 Å². The number of anilines is 1. The molecule has 3 rings (SSSR count). The van der Waals surface area contributed by atoms with Gasteiger partial charge in [-0.3, -0.25) is 4.79 Å². The molecule has 2 aromatic rings. The highest BCUT2D eigenvalue weighted by molar-refractivity contribution is 7.89. The van der Waals surface area contributed by atoms with E-state index in [1.165, 1.54) is 29.8 Å². The first-order valence-corrected chi connectivity index (χ1v) is 9.78. The van der Waals surface area contributed by atoms with E-state index in [1.54, 1.807) is 12.1 Å². The SMILES string of the molecule is COc1ccc(Cl)cc1S(=O)(=O)N1CCC(C(=O)Nc2ccon2)CC1. The van der Waals surface area contributed by atoms with Gasteiger partial charge < -0.3 is 14.6 Å². The third kappa shape index (κ3) is 3.84. The van der Waals surface area contributed by atoms with Gasteiger partial charge in [0.05, 0.1) is 7.11 Å². The molecule has 0 unspecified atom stereocenters. The lowest BCUT2D eigenvalue weighted by molar-refractivity contribution is -0.120. The Morgan fingerprint density at radius 2 is 2.08 bits per heavy atom. The number of nitrogens with one attached hydrogen (secondary N) is 1. The van der Waals surface area contributed by atoms with Crippen molar-refractivity contribution in [3.05, 3.63) is 35.6 Å². The van der Waals surface area contributed by atoms with Gasteiger partial charge in [-0.05, 0) is 31.0 Å². The summed E-state index contributed by atoms with van der Waals surface area (Å²) in [6.45, 7) is 0.462. The molecule has 1 amide bonds. The molecule has 1 fully saturated rings. The van der Waals surface area contributed by atoms with E-state index in [4.69, 9.17) is 16.3 Å². The second-order valence-corrected chi connectivity index (χ2v) is 8.19. The van der Waals surface area contributed by atoms with Crippen LogP contribution < -0.4 is 10.1 Å². The van der Waals surface area contributed by atoms with Crippen LogP contribution in [0.15, 0.2) is 39.9 Å². The van der Waals surface area contributed by atoms with Gasteiger partial charge in [0.25, 0.3) is 0 Å². The quantitative estimate of drug-likeness (QED) is 0.828. The Balaban J connectivity index is 1.69. The number of halogens is 1. The van der Waals surface area contributed by atoms with Crippen molar-refractivity contribution in [2.45, 2.75) is 17.7 Å². The smallest absolute Gasteiger partial charge is 0.246 e. The Bertz CT molecular complexity index is 877. The van der Waals surface area contributed by atoms with Crippen molar-refractivity contribution in [1.29, 1.82) is 0 Å². The molecule has 1 N–H and O–H groups in total. The van der Waals surface area contributed by atoms with Crippen LogP contribution in [0.25, 0.3) is 0 Å². The van der Waals surface area contributed by atoms with Gasteiger partial charge in [-0.2, -0.15) is 4.31 Å². The van der Waals surface area contributed by atoms with Gasteiger partial charge in [0.2, 0.25) is 15.9 Å². The largest absolute Gasteiger partial charge is 0.495 e. The number of ether oxygens (including phenoxy) is 1. The molecular weight excluding hydrogens is 382 g/mol. The number of hydrogen-bond acceptors (Lipinski definition) is 6. The minimum Gasteiger partial charge on any atom is -0.495 e. The highest BCUT2D eigenvalue weighted by Gasteiger charge is 2.34. The molecule has 1 aliphatic rings. The molecule has 1 aromatic heterocycles. The minimum absolute atomic E-state index is 0.0259. The summed E-state index contributed by atoms with van der Waals surface area (Å²) in [7, 11) is -2.36. The van der Waals surface area contributed by atoms with Gasteiger partial charge in [0.1, 0.15) is 16.9 Å². The van der Waals surface area contributed by atoms with Crippen LogP contribution in [0.2, 0.25) is 5.02 Å². The van der Waals surface area contributed by atoms with Crippen molar-refractivity contribution in [3.63, 3.8) is 0 Å². The lowest BCUT2D eigenvalue weighted by Gasteiger charge is -2.30. The second-order valence-electron chi connectivity index (χ2n) is 5.85. The summed E-state index contributed by atoms with van der Waals surface area (Å²) >= 11 is 5.95. The Kier molecular flexibility index (Phi) is 5.49. The molecule has 0 saturated carbocycles. The number of carbonyl (C=O) groups excluding carboxylic acids is 1. The molecule has 0 bridgehead atoms. The molecule has 1 aromatic carbocycles. The lowest BCUT2D eigenvalue weighted by Crippen LogP contribution is -2.41. The molecule has 10 heteroatoms. The van der Waals surface area contributed by atoms with Crippen LogP contribution in [-0.2, 0) is 14.8 Å². The predicted octanol–water partition coefficient (Wildman–Crippen LogP) is 2.38. The first-order chi connectivity index (χ1) is 12.4. The van der Waals surface area contributed by atoms with E-state index in [9.17, 15) is 13.2 Å². The highest BCUT2D eigenvalue weighted by atomic mass is 35.5. The number of rotatable bonds is 5. The number of amides is 1. The normalized spacial score (nSPS) is 16.4. The maximum absolute atomic E-state index is 12.9. The summed E-state index contributed by atoms with van der Waals surface area (Å²) in [5.74, 6) is 0.0877. The number of carbonyl (C=O) groups is 1. The monoisotopic (exact) mass is 399 g/mol. The van der Waals surface area contributed by atoms with E-state index in [2.05, 4.69) is 15.0 Å². The molecule has 0 spiro atoms. The van der Waals surface area contributed by atoms with E-state index < -0.39 is 10.0 Å². The molecule has 1 saturated heterocycles. The third-order valence-electron chi connectivity index (χ3n) is 4.26. The van der Waals surface area contributed by atoms with E-state index in [-0.39, 0.29) is 35.6 Å². The maximum Gasteiger partial charge on any atom is 0.246 e. The van der Waals surface area contributed by atoms with Crippen LogP contribution in [0.4, 0.5) is 5.82 Å². The number of benzene rings is 1. The lowest BCUT2D eigenvalue weighted by atomic mass is 9.97. The Hall–Kier alpha value is -2.10. The van der Waals surface area contributed by atoms with E-state index in [1.807, 2.05) is 0 Å². The number of hydrogen-bond donors (Lipinski definition) is 1. The fourth-order valence-corrected chi connectivity index (χ4v) is 4.74. The molecule has 0 radical (unpaired) electrons. The van der Waals surface area contributed by atoms with Crippen molar-refractivity contribution in [3.8, 4) is 5.75 Å². The van der Waals surface area contributed by atoms with Gasteiger partial charge in [0, 0.05) is 30.1 Å². The fraction of sp³-hybridized carbons (Fsp3) is 0.375. The molecular formula is C16H18ClN3O5S. The third-order valence-corrected chi connectivity index (χ3v) is 6.41. The van der Waals surface area contributed by atoms with Gasteiger partial charge in [-0.1, -0.05) is 16.8 Å². The molecule has 0 atom stereocenters. The maximum atomic E-state index is 12.9. The van der Waals surface area contributed by atoms with Crippen LogP contribution in [-0.4, -0.2) is 44.0 Å². The average Bonchev–Trinajstić information content (AvgIpc) is 3.14. The van der Waals surface area contributed by atoms with Crippen LogP contribution in [0.1, 0.15) is 12.8 Å². The average molecular weight is 400 g/mol. The highest BCUT2D eigenvalue weighted by Crippen LogP contribution is 2.32. The zero-order chi connectivity index (χ0) is 18.7. The van der Waals surface area contributed by atoms with Gasteiger partial charge in [-0.15, -0.1) is 0 Å². The fourth-order valence-electron chi connectivity index (χ4n) is 2.85. The van der Waals surface area contributed by atoms with Gasteiger partial charge in [-0.25, -0.2) is 8.42 Å². The first-order valence-electron chi connectivity index (χ1n) is 7.97. The van der Waals surface area contributed by atoms with Crippen molar-refractivity contribution in [1.82, 2.24) is 9.46 Å². The van der Waals surface area contributed by atoms with Gasteiger partial charge >= 0.3 is 0 Å². The van der Waals surface area contributed by atoms with Crippen LogP contribution in [0, 0.1) is 5.92 Å². The van der Waals surface area contributed by atoms with Crippen LogP contribution in [0.3, 0.4) is 0 Å². The summed E-state index contributed by atoms with van der Waals surface area (Å²) in [4.78, 5) is 12.3. The molecule has 8 nitrogen and oxygen atoms in total. The van der Waals surface area contributed by atoms with Crippen molar-refractivity contribution in [2.75, 3.05) is 25.5 Å². The summed E-state index contributed by atoms with van der Waals surface area (Å²) in [5.41, 5.74) is 0. The zero-order valence-corrected chi connectivity index (χ0v) is 15.6. The number of aromatic nitrogens is 1. The summed E-state index contributed by atoms with van der Waals surface area (Å²) in [5, 5.41) is 6.60. The van der Waals surface area contributed by atoms with Crippen molar-refractivity contribution < 1.29 is 22.5 Å². The molecule has 0 aliphatic carbocycles. The topological polar surface area (TPSA) is 102 Å². The van der Waals surface area contributed by atoms with Crippen LogP contribution >= 0.6 is 11.6 Å². The minimum atomic E-state index is -3.76. The molecule has 140 valence electrons. The second kappa shape index (κ2) is 7.65. The van der Waals surface area contributed by atoms with E-state index >= 15 is 0 Å². The Labute approximate surface area is 156 Å². The van der Waals surface area contributed by atoms with Crippen LogP contribution in [0.5, 0.6) is 5.75 Å². The summed E-state index contributed by atoms with van der Waals surface area (Å²) < 4.78 is 37.0. The standard InChI is InChI=1S/C16H18ClN3O5S/c1-24-13-3-2-12(17)10-14(13)26(22,23)20-7-4-11(5-8-20)16(21)18-15-6-9-25-19-15/h2-3,6,9-11H,4-5,7-8H2,1H3,(H,18,19,21). The molecule has 2 heterocycles. The zero-order valence-electron chi connectivity index (χ0n) is 14.0. The van der Waals surface area contributed by atoms with E-state index in [0.29, 0.717) is 23.7 Å². The number of methoxy groups -OCH3 is 1. The predicted molar refractivity (Wildman–Crippen MR) is 94.6 cm³/mol. The van der Waals surface area contributed by atoms with Crippen molar-refractivity contribution >= 4 is 33.3 Å². The molecule has 26 heavy (non-hydrogen) atoms. The van der Waals surface area contributed by atoms with E-state index in [0.717, 1.165) is 0 Å². The first kappa shape index (κ1) is 18.7. The Morgan fingerprint density at radius 1 is 1.35 bits per heavy atom. The van der Waals surface area contributed by atoms with Gasteiger partial charge in [0.15, 0.2) is 5.82 Å². The summed E-state index contributed by atoms with van der Waals surface area (Å²) in [6.07, 6.45) is 2.18. The Morgan fingerprint density at radius 3 is 2.69 bits per heavy atom. The molecule has 1 aliphatic heterocycles. The summed E-state index contributed by atoms with van der Waals surface area (Å²) in [6, 6.07) is 6.01.